The van der Waals surface area contributed by atoms with Gasteiger partial charge in [-0.3, -0.25) is 9.59 Å². The van der Waals surface area contributed by atoms with Crippen molar-refractivity contribution in [3.63, 3.8) is 0 Å². The van der Waals surface area contributed by atoms with Gasteiger partial charge in [-0.05, 0) is 31.9 Å². The van der Waals surface area contributed by atoms with Crippen LogP contribution in [0.5, 0.6) is 16.7 Å². The first-order chi connectivity index (χ1) is 17.4. The van der Waals surface area contributed by atoms with Gasteiger partial charge in [-0.2, -0.15) is 0 Å². The van der Waals surface area contributed by atoms with E-state index in [2.05, 4.69) is 10.2 Å². The van der Waals surface area contributed by atoms with Gasteiger partial charge in [0.2, 0.25) is 5.43 Å². The van der Waals surface area contributed by atoms with Crippen LogP contribution in [-0.4, -0.2) is 51.1 Å². The molecule has 0 bridgehead atoms. The number of aromatic nitrogens is 3. The number of carbonyl (C=O) groups is 1. The number of rotatable bonds is 7. The highest BCUT2D eigenvalue weighted by Gasteiger charge is 2.41. The van der Waals surface area contributed by atoms with Crippen LogP contribution in [0.25, 0.3) is 10.6 Å². The number of carbonyl (C=O) groups excluding carboxylic acids is 1. The molecule has 2 aromatic heterocycles. The van der Waals surface area contributed by atoms with Crippen molar-refractivity contribution in [2.75, 3.05) is 13.2 Å². The Bertz CT molecular complexity index is 1360. The highest BCUT2D eigenvalue weighted by Crippen LogP contribution is 2.35. The van der Waals surface area contributed by atoms with Gasteiger partial charge in [0.1, 0.15) is 5.82 Å². The van der Waals surface area contributed by atoms with Gasteiger partial charge in [0, 0.05) is 18.3 Å². The van der Waals surface area contributed by atoms with Crippen molar-refractivity contribution >= 4 is 17.2 Å². The van der Waals surface area contributed by atoms with Gasteiger partial charge in [0.25, 0.3) is 11.1 Å². The molecule has 0 unspecified atom stereocenters. The number of hydrogen-bond acceptors (Lipinski definition) is 8. The summed E-state index contributed by atoms with van der Waals surface area (Å²) in [5.41, 5.74) is -0.143. The lowest BCUT2D eigenvalue weighted by Gasteiger charge is -2.44. The molecule has 9 nitrogen and oxygen atoms in total. The first-order valence-electron chi connectivity index (χ1n) is 11.7. The van der Waals surface area contributed by atoms with Crippen molar-refractivity contribution in [2.45, 2.75) is 51.9 Å². The maximum atomic E-state index is 14.0. The molecule has 0 saturated carbocycles. The van der Waals surface area contributed by atoms with E-state index in [0.717, 1.165) is 29.9 Å². The summed E-state index contributed by atoms with van der Waals surface area (Å²) < 4.78 is 46.0. The maximum absolute atomic E-state index is 14.0. The van der Waals surface area contributed by atoms with E-state index >= 15 is 0 Å². The standard InChI is InChI=1S/C24H24F2N4O5S/c1-3-4-8-34-21-19-23(32)30-13(2)7-9-33-18(30)12-29(19)11-15(20(21)31)22-27-28-24(36-22)35-17-6-5-14(25)10-16(17)26/h5-6,10-11,13,18H,3-4,7-9,12H2,1-2H3/t13-,18+/m1/s1. The zero-order chi connectivity index (χ0) is 25.4. The number of hydrogen-bond donors (Lipinski definition) is 0. The lowest BCUT2D eigenvalue weighted by atomic mass is 10.1. The number of benzene rings is 1. The van der Waals surface area contributed by atoms with E-state index in [9.17, 15) is 18.4 Å². The predicted octanol–water partition coefficient (Wildman–Crippen LogP) is 4.21. The largest absolute Gasteiger partial charge is 0.487 e. The molecule has 190 valence electrons. The van der Waals surface area contributed by atoms with Crippen molar-refractivity contribution < 1.29 is 27.8 Å². The van der Waals surface area contributed by atoms with E-state index in [1.165, 1.54) is 0 Å². The van der Waals surface area contributed by atoms with E-state index in [1.54, 1.807) is 15.7 Å². The van der Waals surface area contributed by atoms with E-state index < -0.39 is 23.3 Å². The Labute approximate surface area is 209 Å². The molecule has 36 heavy (non-hydrogen) atoms. The number of nitrogens with zero attached hydrogens (tertiary/aromatic N) is 4. The highest BCUT2D eigenvalue weighted by molar-refractivity contribution is 7.16. The quantitative estimate of drug-likeness (QED) is 0.433. The van der Waals surface area contributed by atoms with E-state index in [1.807, 2.05) is 13.8 Å². The Morgan fingerprint density at radius 2 is 2.08 bits per heavy atom. The first-order valence-corrected chi connectivity index (χ1v) is 12.5. The van der Waals surface area contributed by atoms with Crippen molar-refractivity contribution in [3.05, 3.63) is 51.9 Å². The molecule has 1 aromatic carbocycles. The van der Waals surface area contributed by atoms with Crippen LogP contribution in [-0.2, 0) is 11.3 Å². The number of halogens is 2. The minimum absolute atomic E-state index is 0.0296. The Balaban J connectivity index is 1.54. The average molecular weight is 519 g/mol. The number of fused-ring (bicyclic) bond motifs is 2. The van der Waals surface area contributed by atoms with E-state index in [4.69, 9.17) is 14.2 Å². The molecule has 2 aliphatic rings. The van der Waals surface area contributed by atoms with Crippen molar-refractivity contribution in [3.8, 4) is 27.3 Å². The summed E-state index contributed by atoms with van der Waals surface area (Å²) in [4.78, 5) is 28.7. The molecule has 12 heteroatoms. The van der Waals surface area contributed by atoms with Crippen molar-refractivity contribution in [1.29, 1.82) is 0 Å². The Morgan fingerprint density at radius 1 is 1.25 bits per heavy atom. The molecular formula is C24H24F2N4O5S. The fraction of sp³-hybridized carbons (Fsp3) is 0.417. The molecule has 4 heterocycles. The molecule has 5 rings (SSSR count). The van der Waals surface area contributed by atoms with Crippen LogP contribution in [0.15, 0.2) is 29.2 Å². The third-order valence-corrected chi connectivity index (χ3v) is 6.97. The van der Waals surface area contributed by atoms with Gasteiger partial charge in [0.05, 0.1) is 25.3 Å². The molecule has 1 saturated heterocycles. The molecule has 0 aliphatic carbocycles. The summed E-state index contributed by atoms with van der Waals surface area (Å²) in [6, 6.07) is 2.87. The summed E-state index contributed by atoms with van der Waals surface area (Å²) in [6.07, 6.45) is 3.36. The monoisotopic (exact) mass is 518 g/mol. The number of ether oxygens (including phenoxy) is 3. The maximum Gasteiger partial charge on any atom is 0.299 e. The second-order valence-corrected chi connectivity index (χ2v) is 9.57. The second kappa shape index (κ2) is 9.94. The van der Waals surface area contributed by atoms with Gasteiger partial charge in [-0.15, -0.1) is 5.10 Å². The van der Waals surface area contributed by atoms with E-state index in [0.29, 0.717) is 32.1 Å². The van der Waals surface area contributed by atoms with Crippen molar-refractivity contribution in [2.24, 2.45) is 0 Å². The second-order valence-electron chi connectivity index (χ2n) is 8.63. The molecule has 0 spiro atoms. The number of pyridine rings is 1. The van der Waals surface area contributed by atoms with Crippen LogP contribution >= 0.6 is 11.3 Å². The highest BCUT2D eigenvalue weighted by atomic mass is 32.1. The van der Waals surface area contributed by atoms with Gasteiger partial charge in [-0.1, -0.05) is 29.8 Å². The molecule has 0 N–H and O–H groups in total. The summed E-state index contributed by atoms with van der Waals surface area (Å²) in [5, 5.41) is 8.12. The summed E-state index contributed by atoms with van der Waals surface area (Å²) in [6.45, 7) is 5.09. The first kappa shape index (κ1) is 24.3. The van der Waals surface area contributed by atoms with Gasteiger partial charge in [0.15, 0.2) is 34.2 Å². The Kier molecular flexibility index (Phi) is 6.71. The predicted molar refractivity (Wildman–Crippen MR) is 126 cm³/mol. The van der Waals surface area contributed by atoms with Gasteiger partial charge >= 0.3 is 0 Å². The molecule has 2 aliphatic heterocycles. The van der Waals surface area contributed by atoms with Crippen LogP contribution in [0.2, 0.25) is 0 Å². The summed E-state index contributed by atoms with van der Waals surface area (Å²) in [7, 11) is 0. The lowest BCUT2D eigenvalue weighted by Crippen LogP contribution is -2.57. The molecule has 1 amide bonds. The van der Waals surface area contributed by atoms with Crippen molar-refractivity contribution in [1.82, 2.24) is 19.7 Å². The zero-order valence-electron chi connectivity index (χ0n) is 19.7. The van der Waals surface area contributed by atoms with Crippen LogP contribution < -0.4 is 14.9 Å². The SMILES string of the molecule is CCCCOc1c2n(cc(-c3nnc(Oc4ccc(F)cc4F)s3)c1=O)C[C@@H]1OCC[C@@H](C)N1C2=O. The number of amides is 1. The molecule has 3 aromatic rings. The summed E-state index contributed by atoms with van der Waals surface area (Å²) >= 11 is 0.919. The molecular weight excluding hydrogens is 494 g/mol. The van der Waals surface area contributed by atoms with Gasteiger partial charge < -0.3 is 23.7 Å². The van der Waals surface area contributed by atoms with Crippen LogP contribution in [0.1, 0.15) is 43.6 Å². The van der Waals surface area contributed by atoms with Crippen LogP contribution in [0, 0.1) is 11.6 Å². The number of unbranched alkanes of at least 4 members (excludes halogenated alkanes) is 1. The van der Waals surface area contributed by atoms with Gasteiger partial charge in [-0.25, -0.2) is 8.78 Å². The third-order valence-electron chi connectivity index (χ3n) is 6.13. The fourth-order valence-electron chi connectivity index (χ4n) is 4.26. The minimum atomic E-state index is -0.892. The molecule has 0 radical (unpaired) electrons. The Hall–Kier alpha value is -3.38. The molecule has 1 fully saturated rings. The van der Waals surface area contributed by atoms with Crippen LogP contribution in [0.3, 0.4) is 0 Å². The Morgan fingerprint density at radius 3 is 2.86 bits per heavy atom. The third kappa shape index (κ3) is 4.46. The zero-order valence-corrected chi connectivity index (χ0v) is 20.5. The van der Waals surface area contributed by atoms with E-state index in [-0.39, 0.29) is 51.5 Å². The van der Waals surface area contributed by atoms with Crippen LogP contribution in [0.4, 0.5) is 8.78 Å². The average Bonchev–Trinajstić information content (AvgIpc) is 3.30. The topological polar surface area (TPSA) is 95.8 Å². The smallest absolute Gasteiger partial charge is 0.299 e. The normalized spacial score (nSPS) is 19.1. The minimum Gasteiger partial charge on any atom is -0.487 e. The lowest BCUT2D eigenvalue weighted by molar-refractivity contribution is -0.112. The fourth-order valence-corrected chi connectivity index (χ4v) is 4.98. The summed E-state index contributed by atoms with van der Waals surface area (Å²) in [5.74, 6) is -2.21. The molecule has 2 atom stereocenters.